The van der Waals surface area contributed by atoms with Crippen molar-refractivity contribution in [1.82, 2.24) is 4.98 Å². The van der Waals surface area contributed by atoms with Crippen molar-refractivity contribution in [2.75, 3.05) is 5.73 Å². The Kier molecular flexibility index (Phi) is 2.92. The highest BCUT2D eigenvalue weighted by atomic mass is 14.7. The molecule has 2 N–H and O–H groups in total. The van der Waals surface area contributed by atoms with Crippen LogP contribution in [0.25, 0.3) is 22.2 Å². The quantitative estimate of drug-likeness (QED) is 0.695. The number of anilines is 1. The maximum absolute atomic E-state index is 5.78. The van der Waals surface area contributed by atoms with Crippen molar-refractivity contribution in [3.63, 3.8) is 0 Å². The number of nitrogens with zero attached hydrogens (tertiary/aromatic N) is 1. The van der Waals surface area contributed by atoms with Gasteiger partial charge in [-0.3, -0.25) is 0 Å². The van der Waals surface area contributed by atoms with Gasteiger partial charge in [-0.25, -0.2) is 4.98 Å². The maximum Gasteiger partial charge on any atom is 0.0711 e. The Morgan fingerprint density at radius 2 is 1.89 bits per heavy atom. The van der Waals surface area contributed by atoms with Crippen molar-refractivity contribution in [3.05, 3.63) is 60.2 Å². The van der Waals surface area contributed by atoms with Gasteiger partial charge in [0.1, 0.15) is 0 Å². The molecular formula is C17H16N2. The number of hydrogen-bond acceptors (Lipinski definition) is 2. The van der Waals surface area contributed by atoms with Crippen LogP contribution in [0.1, 0.15) is 12.5 Å². The molecule has 94 valence electrons. The third-order valence-corrected chi connectivity index (χ3v) is 3.34. The summed E-state index contributed by atoms with van der Waals surface area (Å²) >= 11 is 0. The molecule has 0 bridgehead atoms. The number of hydrogen-bond donors (Lipinski definition) is 1. The molecule has 0 spiro atoms. The lowest BCUT2D eigenvalue weighted by Gasteiger charge is -2.05. The van der Waals surface area contributed by atoms with Crippen molar-refractivity contribution in [1.29, 1.82) is 0 Å². The van der Waals surface area contributed by atoms with Gasteiger partial charge in [-0.15, -0.1) is 0 Å². The second-order valence-corrected chi connectivity index (χ2v) is 4.70. The summed E-state index contributed by atoms with van der Waals surface area (Å²) in [5.41, 5.74) is 11.0. The number of benzene rings is 2. The first-order valence-electron chi connectivity index (χ1n) is 6.52. The van der Waals surface area contributed by atoms with E-state index in [-0.39, 0.29) is 0 Å². The predicted molar refractivity (Wildman–Crippen MR) is 81.0 cm³/mol. The van der Waals surface area contributed by atoms with E-state index in [2.05, 4.69) is 43.3 Å². The maximum atomic E-state index is 5.78. The first-order chi connectivity index (χ1) is 9.26. The highest BCUT2D eigenvalue weighted by molar-refractivity contribution is 5.84. The third kappa shape index (κ3) is 2.29. The molecule has 3 rings (SSSR count). The van der Waals surface area contributed by atoms with Crippen molar-refractivity contribution in [2.45, 2.75) is 13.3 Å². The van der Waals surface area contributed by atoms with Gasteiger partial charge in [0.2, 0.25) is 0 Å². The molecule has 0 saturated heterocycles. The van der Waals surface area contributed by atoms with E-state index in [4.69, 9.17) is 10.7 Å². The van der Waals surface area contributed by atoms with Gasteiger partial charge in [-0.2, -0.15) is 0 Å². The molecule has 2 heteroatoms. The first kappa shape index (κ1) is 11.7. The number of nitrogen functional groups attached to an aromatic ring is 1. The summed E-state index contributed by atoms with van der Waals surface area (Å²) < 4.78 is 0. The van der Waals surface area contributed by atoms with Gasteiger partial charge in [-0.05, 0) is 42.3 Å². The average molecular weight is 248 g/mol. The van der Waals surface area contributed by atoms with Crippen LogP contribution in [0.15, 0.2) is 54.6 Å². The lowest BCUT2D eigenvalue weighted by atomic mass is 10.1. The van der Waals surface area contributed by atoms with Crippen LogP contribution in [0.5, 0.6) is 0 Å². The van der Waals surface area contributed by atoms with Crippen LogP contribution in [0.2, 0.25) is 0 Å². The van der Waals surface area contributed by atoms with Crippen LogP contribution in [-0.4, -0.2) is 4.98 Å². The second kappa shape index (κ2) is 4.73. The van der Waals surface area contributed by atoms with Crippen molar-refractivity contribution >= 4 is 16.6 Å². The highest BCUT2D eigenvalue weighted by Gasteiger charge is 2.02. The van der Waals surface area contributed by atoms with E-state index in [1.165, 1.54) is 5.56 Å². The Morgan fingerprint density at radius 1 is 1.00 bits per heavy atom. The Hall–Kier alpha value is -2.35. The van der Waals surface area contributed by atoms with E-state index in [0.717, 1.165) is 34.3 Å². The lowest BCUT2D eigenvalue weighted by molar-refractivity contribution is 1.14. The van der Waals surface area contributed by atoms with Crippen molar-refractivity contribution in [3.8, 4) is 11.3 Å². The van der Waals surface area contributed by atoms with Crippen LogP contribution >= 0.6 is 0 Å². The van der Waals surface area contributed by atoms with Crippen LogP contribution in [0.4, 0.5) is 5.69 Å². The van der Waals surface area contributed by atoms with E-state index in [9.17, 15) is 0 Å². The highest BCUT2D eigenvalue weighted by Crippen LogP contribution is 2.23. The molecule has 0 radical (unpaired) electrons. The fourth-order valence-corrected chi connectivity index (χ4v) is 2.26. The summed E-state index contributed by atoms with van der Waals surface area (Å²) in [4.78, 5) is 4.71. The standard InChI is InChI=1S/C17H16N2/c1-2-12-4-3-5-13(10-12)16-8-6-14-11-15(18)7-9-17(14)19-16/h3-11H,2,18H2,1H3. The molecule has 0 atom stereocenters. The number of pyridine rings is 1. The minimum absolute atomic E-state index is 0.773. The SMILES string of the molecule is CCc1cccc(-c2ccc3cc(N)ccc3n2)c1. The summed E-state index contributed by atoms with van der Waals surface area (Å²) in [6, 6.07) is 18.5. The molecule has 0 aliphatic carbocycles. The monoisotopic (exact) mass is 248 g/mol. The zero-order valence-electron chi connectivity index (χ0n) is 10.9. The number of aryl methyl sites for hydroxylation is 1. The van der Waals surface area contributed by atoms with E-state index in [1.807, 2.05) is 18.2 Å². The fourth-order valence-electron chi connectivity index (χ4n) is 2.26. The molecule has 0 saturated carbocycles. The second-order valence-electron chi connectivity index (χ2n) is 4.70. The average Bonchev–Trinajstić information content (AvgIpc) is 2.46. The van der Waals surface area contributed by atoms with E-state index < -0.39 is 0 Å². The molecule has 1 aromatic heterocycles. The Labute approximate surface area is 112 Å². The van der Waals surface area contributed by atoms with Crippen LogP contribution in [-0.2, 0) is 6.42 Å². The summed E-state index contributed by atoms with van der Waals surface area (Å²) in [5, 5.41) is 1.08. The largest absolute Gasteiger partial charge is 0.399 e. The van der Waals surface area contributed by atoms with Gasteiger partial charge in [-0.1, -0.05) is 31.2 Å². The third-order valence-electron chi connectivity index (χ3n) is 3.34. The molecule has 0 amide bonds. The van der Waals surface area contributed by atoms with Gasteiger partial charge >= 0.3 is 0 Å². The molecule has 0 aliphatic heterocycles. The Balaban J connectivity index is 2.12. The smallest absolute Gasteiger partial charge is 0.0711 e. The lowest BCUT2D eigenvalue weighted by Crippen LogP contribution is -1.89. The molecule has 0 fully saturated rings. The molecule has 3 aromatic rings. The summed E-state index contributed by atoms with van der Waals surface area (Å²) in [7, 11) is 0. The summed E-state index contributed by atoms with van der Waals surface area (Å²) in [6.45, 7) is 2.16. The van der Waals surface area contributed by atoms with Crippen LogP contribution in [0.3, 0.4) is 0 Å². The normalized spacial score (nSPS) is 10.8. The number of nitrogens with two attached hydrogens (primary N) is 1. The van der Waals surface area contributed by atoms with Gasteiger partial charge < -0.3 is 5.73 Å². The van der Waals surface area contributed by atoms with E-state index >= 15 is 0 Å². The molecule has 2 aromatic carbocycles. The summed E-state index contributed by atoms with van der Waals surface area (Å²) in [5.74, 6) is 0. The zero-order valence-corrected chi connectivity index (χ0v) is 10.9. The van der Waals surface area contributed by atoms with Crippen molar-refractivity contribution in [2.24, 2.45) is 0 Å². The molecule has 2 nitrogen and oxygen atoms in total. The van der Waals surface area contributed by atoms with Crippen LogP contribution < -0.4 is 5.73 Å². The van der Waals surface area contributed by atoms with Crippen molar-refractivity contribution < 1.29 is 0 Å². The minimum atomic E-state index is 0.773. The van der Waals surface area contributed by atoms with E-state index in [1.54, 1.807) is 0 Å². The molecular weight excluding hydrogens is 232 g/mol. The molecule has 1 heterocycles. The van der Waals surface area contributed by atoms with Crippen LogP contribution in [0, 0.1) is 0 Å². The van der Waals surface area contributed by atoms with Gasteiger partial charge in [0, 0.05) is 16.6 Å². The summed E-state index contributed by atoms with van der Waals surface area (Å²) in [6.07, 6.45) is 1.04. The number of fused-ring (bicyclic) bond motifs is 1. The number of rotatable bonds is 2. The Bertz CT molecular complexity index is 732. The molecule has 19 heavy (non-hydrogen) atoms. The predicted octanol–water partition coefficient (Wildman–Crippen LogP) is 4.05. The topological polar surface area (TPSA) is 38.9 Å². The molecule has 0 aliphatic rings. The van der Waals surface area contributed by atoms with Gasteiger partial charge in [0.25, 0.3) is 0 Å². The molecule has 0 unspecified atom stereocenters. The fraction of sp³-hybridized carbons (Fsp3) is 0.118. The Morgan fingerprint density at radius 3 is 2.74 bits per heavy atom. The van der Waals surface area contributed by atoms with Gasteiger partial charge in [0.05, 0.1) is 11.2 Å². The minimum Gasteiger partial charge on any atom is -0.399 e. The number of aromatic nitrogens is 1. The van der Waals surface area contributed by atoms with E-state index in [0.29, 0.717) is 0 Å². The first-order valence-corrected chi connectivity index (χ1v) is 6.52. The van der Waals surface area contributed by atoms with Gasteiger partial charge in [0.15, 0.2) is 0 Å². The zero-order chi connectivity index (χ0) is 13.2.